The molecular weight excluding hydrogens is 679 g/mol. The molecule has 50 heavy (non-hydrogen) atoms. The summed E-state index contributed by atoms with van der Waals surface area (Å²) in [5.74, 6) is -0.376. The maximum Gasteiger partial charge on any atom is 0.350 e. The number of hydrogen-bond acceptors (Lipinski definition) is 8. The SMILES string of the molecule is CC(C)OC(=O)C(C)(C)Oc1ccc(C(O)(c2ccc(Cl)cc2)C(O)(c2ccc(Cl)cc2)c2ccc(OC(C)(C)C(=O)OC(C)C)cc2)cc1. The lowest BCUT2D eigenvalue weighted by Crippen LogP contribution is -2.51. The molecule has 0 aliphatic carbocycles. The van der Waals surface area contributed by atoms with Gasteiger partial charge in [0.2, 0.25) is 0 Å². The molecule has 0 aliphatic heterocycles. The van der Waals surface area contributed by atoms with E-state index in [9.17, 15) is 19.8 Å². The Morgan fingerprint density at radius 1 is 0.500 bits per heavy atom. The average molecular weight is 724 g/mol. The van der Waals surface area contributed by atoms with E-state index >= 15 is 0 Å². The van der Waals surface area contributed by atoms with Crippen LogP contribution in [0.25, 0.3) is 0 Å². The van der Waals surface area contributed by atoms with Crippen LogP contribution in [0.3, 0.4) is 0 Å². The van der Waals surface area contributed by atoms with Crippen molar-refractivity contribution in [1.29, 1.82) is 0 Å². The summed E-state index contributed by atoms with van der Waals surface area (Å²) in [5, 5.41) is 27.1. The van der Waals surface area contributed by atoms with Gasteiger partial charge in [-0.25, -0.2) is 9.59 Å². The number of aliphatic hydroxyl groups is 2. The molecule has 0 fully saturated rings. The minimum absolute atomic E-state index is 0.296. The molecule has 0 aliphatic rings. The Labute approximate surface area is 303 Å². The van der Waals surface area contributed by atoms with Gasteiger partial charge in [-0.2, -0.15) is 0 Å². The molecule has 266 valence electrons. The molecule has 2 unspecified atom stereocenters. The number of halogens is 2. The normalized spacial score (nSPS) is 14.4. The van der Waals surface area contributed by atoms with Crippen molar-refractivity contribution < 1.29 is 38.7 Å². The van der Waals surface area contributed by atoms with Crippen LogP contribution in [0.1, 0.15) is 77.6 Å². The Kier molecular flexibility index (Phi) is 11.6. The molecule has 0 heterocycles. The number of ether oxygens (including phenoxy) is 4. The minimum atomic E-state index is -2.15. The summed E-state index contributed by atoms with van der Waals surface area (Å²) >= 11 is 12.5. The second kappa shape index (κ2) is 15.0. The number of benzene rings is 4. The summed E-state index contributed by atoms with van der Waals surface area (Å²) in [6.07, 6.45) is -0.637. The van der Waals surface area contributed by atoms with Crippen molar-refractivity contribution in [2.75, 3.05) is 0 Å². The van der Waals surface area contributed by atoms with E-state index < -0.39 is 34.3 Å². The lowest BCUT2D eigenvalue weighted by atomic mass is 9.66. The lowest BCUT2D eigenvalue weighted by Gasteiger charge is -2.45. The smallest absolute Gasteiger partial charge is 0.350 e. The highest BCUT2D eigenvalue weighted by Gasteiger charge is 2.54. The highest BCUT2D eigenvalue weighted by atomic mass is 35.5. The van der Waals surface area contributed by atoms with Gasteiger partial charge in [0.05, 0.1) is 12.2 Å². The number of carbonyl (C=O) groups is 2. The molecular formula is C40H44Cl2O8. The van der Waals surface area contributed by atoms with Crippen LogP contribution in [-0.4, -0.2) is 45.6 Å². The summed E-state index contributed by atoms with van der Waals surface area (Å²) in [6.45, 7) is 13.5. The molecule has 0 saturated heterocycles. The summed E-state index contributed by atoms with van der Waals surface area (Å²) in [6, 6.07) is 26.0. The first kappa shape index (κ1) is 38.7. The zero-order valence-electron chi connectivity index (χ0n) is 29.5. The van der Waals surface area contributed by atoms with E-state index in [-0.39, 0.29) is 12.2 Å². The van der Waals surface area contributed by atoms with Gasteiger partial charge in [-0.05, 0) is 126 Å². The second-order valence-corrected chi connectivity index (χ2v) is 14.5. The first-order valence-corrected chi connectivity index (χ1v) is 17.0. The lowest BCUT2D eigenvalue weighted by molar-refractivity contribution is -0.163. The fraction of sp³-hybridized carbons (Fsp3) is 0.350. The summed E-state index contributed by atoms with van der Waals surface area (Å²) in [5.41, 5.74) is -5.66. The van der Waals surface area contributed by atoms with Crippen molar-refractivity contribution in [3.05, 3.63) is 129 Å². The largest absolute Gasteiger partial charge is 0.476 e. The molecule has 10 heteroatoms. The Bertz CT molecular complexity index is 1630. The van der Waals surface area contributed by atoms with Crippen LogP contribution < -0.4 is 9.47 Å². The van der Waals surface area contributed by atoms with Gasteiger partial charge in [0.25, 0.3) is 0 Å². The maximum absolute atomic E-state index is 13.1. The fourth-order valence-electron chi connectivity index (χ4n) is 5.46. The third-order valence-corrected chi connectivity index (χ3v) is 8.51. The minimum Gasteiger partial charge on any atom is -0.476 e. The average Bonchev–Trinajstić information content (AvgIpc) is 3.04. The van der Waals surface area contributed by atoms with Gasteiger partial charge < -0.3 is 29.2 Å². The van der Waals surface area contributed by atoms with Gasteiger partial charge >= 0.3 is 11.9 Å². The van der Waals surface area contributed by atoms with Crippen LogP contribution in [-0.2, 0) is 30.3 Å². The molecule has 8 nitrogen and oxygen atoms in total. The second-order valence-electron chi connectivity index (χ2n) is 13.6. The van der Waals surface area contributed by atoms with E-state index in [4.69, 9.17) is 42.1 Å². The van der Waals surface area contributed by atoms with E-state index in [1.54, 1.807) is 152 Å². The van der Waals surface area contributed by atoms with Crippen molar-refractivity contribution >= 4 is 35.1 Å². The third kappa shape index (κ3) is 8.27. The third-order valence-electron chi connectivity index (χ3n) is 8.01. The van der Waals surface area contributed by atoms with E-state index in [0.29, 0.717) is 43.8 Å². The molecule has 4 aromatic carbocycles. The van der Waals surface area contributed by atoms with Crippen LogP contribution in [0.5, 0.6) is 11.5 Å². The van der Waals surface area contributed by atoms with Gasteiger partial charge in [0.1, 0.15) is 11.5 Å². The Hall–Kier alpha value is -4.08. The van der Waals surface area contributed by atoms with Gasteiger partial charge in [0.15, 0.2) is 22.4 Å². The predicted octanol–water partition coefficient (Wildman–Crippen LogP) is 8.38. The van der Waals surface area contributed by atoms with Crippen molar-refractivity contribution in [1.82, 2.24) is 0 Å². The van der Waals surface area contributed by atoms with Gasteiger partial charge in [0, 0.05) is 10.0 Å². The van der Waals surface area contributed by atoms with Gasteiger partial charge in [-0.15, -0.1) is 0 Å². The van der Waals surface area contributed by atoms with Gasteiger partial charge in [-0.3, -0.25) is 0 Å². The monoisotopic (exact) mass is 722 g/mol. The van der Waals surface area contributed by atoms with E-state index in [2.05, 4.69) is 0 Å². The van der Waals surface area contributed by atoms with Crippen molar-refractivity contribution in [3.8, 4) is 11.5 Å². The molecule has 2 atom stereocenters. The first-order valence-electron chi connectivity index (χ1n) is 16.3. The Morgan fingerprint density at radius 2 is 0.740 bits per heavy atom. The fourth-order valence-corrected chi connectivity index (χ4v) is 5.72. The molecule has 0 saturated carbocycles. The quantitative estimate of drug-likeness (QED) is 0.132. The standard InChI is InChI=1S/C40H44Cl2O8/c1-25(2)47-35(43)37(5,6)49-33-21-13-29(14-22-33)39(45,27-9-17-31(41)18-10-27)40(46,28-11-19-32(42)20-12-28)30-15-23-34(24-16-30)50-38(7,8)36(44)48-26(3)4/h9-26,45-46H,1-8H3. The molecule has 4 rings (SSSR count). The van der Waals surface area contributed by atoms with E-state index in [1.807, 2.05) is 0 Å². The zero-order valence-corrected chi connectivity index (χ0v) is 31.0. The van der Waals surface area contributed by atoms with Crippen LogP contribution in [0.2, 0.25) is 10.0 Å². The van der Waals surface area contributed by atoms with E-state index in [0.717, 1.165) is 0 Å². The molecule has 0 bridgehead atoms. The first-order chi connectivity index (χ1) is 23.3. The molecule has 2 N–H and O–H groups in total. The highest BCUT2D eigenvalue weighted by molar-refractivity contribution is 6.30. The van der Waals surface area contributed by atoms with Gasteiger partial charge in [-0.1, -0.05) is 71.7 Å². The van der Waals surface area contributed by atoms with Crippen LogP contribution in [0.15, 0.2) is 97.1 Å². The van der Waals surface area contributed by atoms with Crippen LogP contribution in [0.4, 0.5) is 0 Å². The van der Waals surface area contributed by atoms with Crippen molar-refractivity contribution in [2.24, 2.45) is 0 Å². The summed E-state index contributed by atoms with van der Waals surface area (Å²) in [7, 11) is 0. The molecule has 0 radical (unpaired) electrons. The Morgan fingerprint density at radius 3 is 0.980 bits per heavy atom. The van der Waals surface area contributed by atoms with E-state index in [1.165, 1.54) is 0 Å². The topological polar surface area (TPSA) is 112 Å². The van der Waals surface area contributed by atoms with Crippen molar-refractivity contribution in [2.45, 2.75) is 90.0 Å². The van der Waals surface area contributed by atoms with Crippen molar-refractivity contribution in [3.63, 3.8) is 0 Å². The Balaban J connectivity index is 1.86. The molecule has 0 amide bonds. The molecule has 0 aromatic heterocycles. The summed E-state index contributed by atoms with van der Waals surface area (Å²) in [4.78, 5) is 25.4. The number of hydrogen-bond donors (Lipinski definition) is 2. The zero-order chi connectivity index (χ0) is 37.1. The number of esters is 2. The predicted molar refractivity (Wildman–Crippen MR) is 194 cm³/mol. The number of rotatable bonds is 13. The molecule has 0 spiro atoms. The maximum atomic E-state index is 13.1. The van der Waals surface area contributed by atoms with Crippen LogP contribution in [0, 0.1) is 0 Å². The number of carbonyl (C=O) groups excluding carboxylic acids is 2. The summed E-state index contributed by atoms with van der Waals surface area (Å²) < 4.78 is 22.7. The highest BCUT2D eigenvalue weighted by Crippen LogP contribution is 2.50. The van der Waals surface area contributed by atoms with Crippen LogP contribution >= 0.6 is 23.2 Å². The molecule has 4 aromatic rings.